The van der Waals surface area contributed by atoms with Crippen LogP contribution in [0.15, 0.2) is 48.5 Å². The van der Waals surface area contributed by atoms with Crippen LogP contribution in [0.3, 0.4) is 0 Å². The molecule has 0 unspecified atom stereocenters. The summed E-state index contributed by atoms with van der Waals surface area (Å²) in [5, 5.41) is 17.9. The lowest BCUT2D eigenvalue weighted by molar-refractivity contribution is 0.0346. The molecule has 0 amide bonds. The number of hydrogen-bond donors (Lipinski definition) is 2. The molecule has 2 aromatic carbocycles. The third-order valence-electron chi connectivity index (χ3n) is 3.48. The molecule has 0 aliphatic heterocycles. The molecular formula is C16H10ClF2N3O2. The summed E-state index contributed by atoms with van der Waals surface area (Å²) in [4.78, 5) is 11.0. The van der Waals surface area contributed by atoms with Crippen LogP contribution in [0.4, 0.5) is 8.78 Å². The predicted octanol–water partition coefficient (Wildman–Crippen LogP) is 3.96. The van der Waals surface area contributed by atoms with Crippen LogP contribution in [0.5, 0.6) is 0 Å². The number of carbonyl (C=O) groups is 1. The number of hydrogen-bond acceptors (Lipinski definition) is 3. The number of alkyl halides is 2. The number of carboxylic acids is 1. The summed E-state index contributed by atoms with van der Waals surface area (Å²) in [5.41, 5.74) is -0.487. The van der Waals surface area contributed by atoms with Gasteiger partial charge in [-0.25, -0.2) is 4.79 Å². The van der Waals surface area contributed by atoms with Crippen LogP contribution in [-0.2, 0) is 5.92 Å². The second-order valence-corrected chi connectivity index (χ2v) is 5.44. The summed E-state index contributed by atoms with van der Waals surface area (Å²) in [5.74, 6) is -5.13. The molecule has 3 rings (SSSR count). The molecule has 1 aromatic heterocycles. The molecule has 3 aromatic rings. The van der Waals surface area contributed by atoms with E-state index in [4.69, 9.17) is 16.7 Å². The van der Waals surface area contributed by atoms with Gasteiger partial charge in [-0.05, 0) is 23.3 Å². The molecule has 2 N–H and O–H groups in total. The molecule has 0 bridgehead atoms. The lowest BCUT2D eigenvalue weighted by atomic mass is 9.99. The molecule has 122 valence electrons. The number of nitrogens with zero attached hydrogens (tertiary/aromatic N) is 2. The molecule has 0 radical (unpaired) electrons. The Bertz CT molecular complexity index is 877. The fourth-order valence-electron chi connectivity index (χ4n) is 2.25. The van der Waals surface area contributed by atoms with Crippen molar-refractivity contribution in [1.29, 1.82) is 0 Å². The van der Waals surface area contributed by atoms with E-state index in [0.29, 0.717) is 5.02 Å². The number of benzene rings is 2. The van der Waals surface area contributed by atoms with Crippen molar-refractivity contribution in [2.24, 2.45) is 0 Å². The molecule has 0 saturated heterocycles. The largest absolute Gasteiger partial charge is 0.476 e. The fraction of sp³-hybridized carbons (Fsp3) is 0.0625. The molecule has 0 aliphatic carbocycles. The quantitative estimate of drug-likeness (QED) is 0.747. The van der Waals surface area contributed by atoms with Gasteiger partial charge in [0.05, 0.1) is 0 Å². The van der Waals surface area contributed by atoms with Crippen molar-refractivity contribution in [1.82, 2.24) is 15.4 Å². The van der Waals surface area contributed by atoms with Crippen LogP contribution < -0.4 is 0 Å². The van der Waals surface area contributed by atoms with E-state index < -0.39 is 23.3 Å². The number of H-pyrrole nitrogens is 1. The second-order valence-electron chi connectivity index (χ2n) is 5.00. The molecule has 24 heavy (non-hydrogen) atoms. The van der Waals surface area contributed by atoms with E-state index in [1.165, 1.54) is 24.3 Å². The van der Waals surface area contributed by atoms with Crippen molar-refractivity contribution in [2.75, 3.05) is 0 Å². The number of aromatic amines is 1. The van der Waals surface area contributed by atoms with Crippen molar-refractivity contribution in [2.45, 2.75) is 5.92 Å². The van der Waals surface area contributed by atoms with Gasteiger partial charge in [-0.2, -0.15) is 8.78 Å². The molecule has 0 atom stereocenters. The molecule has 0 spiro atoms. The summed E-state index contributed by atoms with van der Waals surface area (Å²) in [6.07, 6.45) is 0. The van der Waals surface area contributed by atoms with Gasteiger partial charge in [-0.15, -0.1) is 5.10 Å². The minimum absolute atomic E-state index is 0.378. The highest BCUT2D eigenvalue weighted by molar-refractivity contribution is 6.30. The van der Waals surface area contributed by atoms with Crippen molar-refractivity contribution >= 4 is 17.6 Å². The first-order valence-electron chi connectivity index (χ1n) is 6.78. The van der Waals surface area contributed by atoms with E-state index in [1.54, 1.807) is 24.3 Å². The molecule has 1 heterocycles. The van der Waals surface area contributed by atoms with Crippen LogP contribution >= 0.6 is 11.6 Å². The summed E-state index contributed by atoms with van der Waals surface area (Å²) < 4.78 is 29.1. The van der Waals surface area contributed by atoms with Gasteiger partial charge in [0.25, 0.3) is 0 Å². The molecule has 0 saturated carbocycles. The first-order valence-corrected chi connectivity index (χ1v) is 7.16. The van der Waals surface area contributed by atoms with Gasteiger partial charge < -0.3 is 5.11 Å². The summed E-state index contributed by atoms with van der Waals surface area (Å²) >= 11 is 5.82. The third-order valence-corrected chi connectivity index (χ3v) is 3.74. The highest BCUT2D eigenvalue weighted by atomic mass is 35.5. The van der Waals surface area contributed by atoms with E-state index >= 15 is 0 Å². The van der Waals surface area contributed by atoms with Crippen molar-refractivity contribution in [3.8, 4) is 11.1 Å². The molecule has 8 heteroatoms. The zero-order valence-corrected chi connectivity index (χ0v) is 12.8. The van der Waals surface area contributed by atoms with Gasteiger partial charge in [-0.3, -0.25) is 5.10 Å². The molecule has 5 nitrogen and oxygen atoms in total. The van der Waals surface area contributed by atoms with Crippen LogP contribution in [-0.4, -0.2) is 26.5 Å². The first kappa shape index (κ1) is 16.1. The Kier molecular flexibility index (Phi) is 4.02. The maximum Gasteiger partial charge on any atom is 0.356 e. The van der Waals surface area contributed by atoms with Crippen LogP contribution in [0, 0.1) is 0 Å². The maximum absolute atomic E-state index is 14.5. The number of aromatic carboxylic acids is 1. The highest BCUT2D eigenvalue weighted by Gasteiger charge is 2.41. The Balaban J connectivity index is 1.96. The second kappa shape index (κ2) is 6.01. The fourth-order valence-corrected chi connectivity index (χ4v) is 2.37. The standard InChI is InChI=1S/C16H10ClF2N3O2/c17-12-7-3-10(4-8-12)9-1-5-11(6-2-9)16(18,19)14-13(15(23)24)20-22-21-14/h1-8H,(H,23,24)(H,20,21,22). The Morgan fingerprint density at radius 2 is 1.58 bits per heavy atom. The van der Waals surface area contributed by atoms with Crippen molar-refractivity contribution in [3.63, 3.8) is 0 Å². The maximum atomic E-state index is 14.5. The molecule has 0 aliphatic rings. The normalized spacial score (nSPS) is 11.5. The average molecular weight is 350 g/mol. The van der Waals surface area contributed by atoms with Crippen LogP contribution in [0.1, 0.15) is 21.7 Å². The van der Waals surface area contributed by atoms with Gasteiger partial charge in [0.15, 0.2) is 11.4 Å². The highest BCUT2D eigenvalue weighted by Crippen LogP contribution is 2.36. The van der Waals surface area contributed by atoms with E-state index in [2.05, 4.69) is 10.3 Å². The monoisotopic (exact) mass is 349 g/mol. The van der Waals surface area contributed by atoms with E-state index in [-0.39, 0.29) is 5.56 Å². The third kappa shape index (κ3) is 2.85. The van der Waals surface area contributed by atoms with Gasteiger partial charge in [-0.1, -0.05) is 53.2 Å². The van der Waals surface area contributed by atoms with Gasteiger partial charge in [0.2, 0.25) is 0 Å². The molecular weight excluding hydrogens is 340 g/mol. The molecule has 0 fully saturated rings. The summed E-state index contributed by atoms with van der Waals surface area (Å²) in [6, 6.07) is 12.4. The van der Waals surface area contributed by atoms with Crippen molar-refractivity contribution < 1.29 is 18.7 Å². The number of nitrogens with one attached hydrogen (secondary N) is 1. The van der Waals surface area contributed by atoms with Gasteiger partial charge >= 0.3 is 11.9 Å². The SMILES string of the molecule is O=C(O)c1[nH]nnc1C(F)(F)c1ccc(-c2ccc(Cl)cc2)cc1. The van der Waals surface area contributed by atoms with Crippen LogP contribution in [0.25, 0.3) is 11.1 Å². The lowest BCUT2D eigenvalue weighted by Crippen LogP contribution is -2.19. The van der Waals surface area contributed by atoms with E-state index in [0.717, 1.165) is 11.1 Å². The van der Waals surface area contributed by atoms with Gasteiger partial charge in [0.1, 0.15) is 0 Å². The zero-order valence-electron chi connectivity index (χ0n) is 12.0. The minimum Gasteiger partial charge on any atom is -0.476 e. The lowest BCUT2D eigenvalue weighted by Gasteiger charge is -2.15. The van der Waals surface area contributed by atoms with Crippen molar-refractivity contribution in [3.05, 3.63) is 70.5 Å². The van der Waals surface area contributed by atoms with Gasteiger partial charge in [0, 0.05) is 10.6 Å². The first-order chi connectivity index (χ1) is 11.4. The Morgan fingerprint density at radius 3 is 2.12 bits per heavy atom. The number of carboxylic acid groups (broad SMARTS) is 1. The van der Waals surface area contributed by atoms with E-state index in [9.17, 15) is 13.6 Å². The topological polar surface area (TPSA) is 78.9 Å². The number of aromatic nitrogens is 3. The number of rotatable bonds is 4. The summed E-state index contributed by atoms with van der Waals surface area (Å²) in [7, 11) is 0. The summed E-state index contributed by atoms with van der Waals surface area (Å²) in [6.45, 7) is 0. The number of halogens is 3. The van der Waals surface area contributed by atoms with E-state index in [1.807, 2.05) is 5.10 Å². The smallest absolute Gasteiger partial charge is 0.356 e. The minimum atomic E-state index is -3.58. The van der Waals surface area contributed by atoms with Crippen LogP contribution in [0.2, 0.25) is 5.02 Å². The predicted molar refractivity (Wildman–Crippen MR) is 83.2 cm³/mol. The Morgan fingerprint density at radius 1 is 1.04 bits per heavy atom. The Hall–Kier alpha value is -2.80. The average Bonchev–Trinajstić information content (AvgIpc) is 3.06. The Labute approximate surface area is 139 Å². The zero-order chi connectivity index (χ0) is 17.3.